The molecule has 1 aliphatic heterocycles. The van der Waals surface area contributed by atoms with Crippen molar-refractivity contribution < 1.29 is 17.2 Å². The van der Waals surface area contributed by atoms with Gasteiger partial charge < -0.3 is 15.2 Å². The molecule has 0 unspecified atom stereocenters. The largest absolute Gasteiger partial charge is 0.343 e. The van der Waals surface area contributed by atoms with Crippen LogP contribution in [-0.4, -0.2) is 47.3 Å². The van der Waals surface area contributed by atoms with Crippen LogP contribution in [-0.2, 0) is 16.6 Å². The smallest absolute Gasteiger partial charge is 0.211 e. The Bertz CT molecular complexity index is 1930. The predicted molar refractivity (Wildman–Crippen MR) is 158 cm³/mol. The van der Waals surface area contributed by atoms with Gasteiger partial charge in [0.05, 0.1) is 33.4 Å². The second kappa shape index (κ2) is 11.2. The predicted octanol–water partition coefficient (Wildman–Crippen LogP) is 4.74. The molecule has 0 spiro atoms. The van der Waals surface area contributed by atoms with E-state index in [1.54, 1.807) is 6.92 Å². The Morgan fingerprint density at radius 1 is 1.15 bits per heavy atom. The monoisotopic (exact) mass is 592 g/mol. The number of anilines is 2. The fraction of sp³-hybridized carbons (Fsp3) is 0.241. The molecule has 0 aliphatic carbocycles. The van der Waals surface area contributed by atoms with Crippen LogP contribution in [0.15, 0.2) is 61.1 Å². The molecule has 2 aromatic carbocycles. The summed E-state index contributed by atoms with van der Waals surface area (Å²) in [4.78, 5) is 9.67. The number of benzene rings is 2. The molecular weight excluding hydrogens is 566 g/mol. The molecule has 41 heavy (non-hydrogen) atoms. The van der Waals surface area contributed by atoms with E-state index in [1.807, 2.05) is 41.1 Å². The van der Waals surface area contributed by atoms with Crippen LogP contribution >= 0.6 is 11.3 Å². The Morgan fingerprint density at radius 2 is 2.02 bits per heavy atom. The van der Waals surface area contributed by atoms with Crippen LogP contribution in [0.25, 0.3) is 21.1 Å². The van der Waals surface area contributed by atoms with Crippen LogP contribution in [0.3, 0.4) is 0 Å². The van der Waals surface area contributed by atoms with Gasteiger partial charge in [-0.15, -0.1) is 11.3 Å². The zero-order valence-corrected chi connectivity index (χ0v) is 23.6. The van der Waals surface area contributed by atoms with Gasteiger partial charge in [0.2, 0.25) is 10.0 Å². The maximum atomic E-state index is 14.2. The third kappa shape index (κ3) is 6.08. The summed E-state index contributed by atoms with van der Waals surface area (Å²) in [5.74, 6) is 6.20. The first-order valence-electron chi connectivity index (χ1n) is 13.1. The Hall–Kier alpha value is -3.89. The Morgan fingerprint density at radius 3 is 2.88 bits per heavy atom. The average Bonchev–Trinajstić information content (AvgIpc) is 3.68. The van der Waals surface area contributed by atoms with Crippen LogP contribution in [0, 0.1) is 23.5 Å². The number of nitrogens with zero attached hydrogens (tertiary/aromatic N) is 3. The number of thiophene rings is 1. The molecule has 3 N–H and O–H groups in total. The molecule has 210 valence electrons. The van der Waals surface area contributed by atoms with Crippen molar-refractivity contribution in [1.82, 2.24) is 24.6 Å². The van der Waals surface area contributed by atoms with Crippen molar-refractivity contribution in [2.45, 2.75) is 32.0 Å². The van der Waals surface area contributed by atoms with E-state index in [1.165, 1.54) is 23.7 Å². The zero-order chi connectivity index (χ0) is 28.6. The van der Waals surface area contributed by atoms with Crippen molar-refractivity contribution in [1.29, 1.82) is 0 Å². The normalized spacial score (nSPS) is 17.1. The first-order chi connectivity index (χ1) is 19.8. The van der Waals surface area contributed by atoms with E-state index in [9.17, 15) is 17.2 Å². The maximum absolute atomic E-state index is 14.2. The number of aromatic nitrogens is 3. The summed E-state index contributed by atoms with van der Waals surface area (Å²) >= 11 is 1.48. The van der Waals surface area contributed by atoms with Crippen molar-refractivity contribution in [3.8, 4) is 11.8 Å². The minimum atomic E-state index is -3.25. The fourth-order valence-electron chi connectivity index (χ4n) is 4.84. The zero-order valence-electron chi connectivity index (χ0n) is 22.0. The number of fused-ring (bicyclic) bond motifs is 2. The van der Waals surface area contributed by atoms with E-state index in [2.05, 4.69) is 37.2 Å². The SMILES string of the molecule is CCS(=O)(=O)N[C@H]1CN[C@H](C#Cc2cc3ncnc(Nc4ccc5c(ccn5Cc5cc(F)ccc5F)c4)c3s2)C1. The number of hydrogen-bond acceptors (Lipinski definition) is 7. The number of nitrogens with one attached hydrogen (secondary N) is 3. The van der Waals surface area contributed by atoms with Gasteiger partial charge in [0.15, 0.2) is 5.82 Å². The molecule has 3 aromatic heterocycles. The molecule has 4 heterocycles. The molecule has 12 heteroatoms. The van der Waals surface area contributed by atoms with E-state index in [-0.39, 0.29) is 29.9 Å². The fourth-order valence-corrected chi connectivity index (χ4v) is 6.61. The van der Waals surface area contributed by atoms with Gasteiger partial charge in [-0.05, 0) is 61.9 Å². The molecule has 0 radical (unpaired) electrons. The Balaban J connectivity index is 1.18. The van der Waals surface area contributed by atoms with Crippen LogP contribution < -0.4 is 15.4 Å². The van der Waals surface area contributed by atoms with Crippen molar-refractivity contribution >= 4 is 54.0 Å². The molecule has 0 bridgehead atoms. The van der Waals surface area contributed by atoms with Gasteiger partial charge in [0.25, 0.3) is 0 Å². The van der Waals surface area contributed by atoms with Crippen molar-refractivity contribution in [3.63, 3.8) is 0 Å². The summed E-state index contributed by atoms with van der Waals surface area (Å²) < 4.78 is 56.9. The lowest BCUT2D eigenvalue weighted by Gasteiger charge is -2.09. The third-order valence-electron chi connectivity index (χ3n) is 6.92. The Labute approximate surface area is 239 Å². The molecular formula is C29H26F2N6O2S2. The minimum Gasteiger partial charge on any atom is -0.343 e. The topological polar surface area (TPSA) is 101 Å². The van der Waals surface area contributed by atoms with E-state index in [0.29, 0.717) is 18.8 Å². The van der Waals surface area contributed by atoms with Crippen molar-refractivity contribution in [2.75, 3.05) is 17.6 Å². The van der Waals surface area contributed by atoms with E-state index in [4.69, 9.17) is 0 Å². The minimum absolute atomic E-state index is 0.0530. The van der Waals surface area contributed by atoms with Gasteiger partial charge in [0, 0.05) is 40.9 Å². The Kier molecular flexibility index (Phi) is 7.44. The quantitative estimate of drug-likeness (QED) is 0.236. The van der Waals surface area contributed by atoms with Gasteiger partial charge >= 0.3 is 0 Å². The molecule has 0 saturated carbocycles. The van der Waals surface area contributed by atoms with E-state index < -0.39 is 21.7 Å². The average molecular weight is 593 g/mol. The molecule has 8 nitrogen and oxygen atoms in total. The molecule has 1 aliphatic rings. The summed E-state index contributed by atoms with van der Waals surface area (Å²) in [6.45, 7) is 2.38. The molecule has 6 rings (SSSR count). The highest BCUT2D eigenvalue weighted by Crippen LogP contribution is 2.31. The highest BCUT2D eigenvalue weighted by atomic mass is 32.2. The first kappa shape index (κ1) is 27.3. The van der Waals surface area contributed by atoms with Crippen molar-refractivity contribution in [3.05, 3.63) is 83.1 Å². The number of hydrogen-bond donors (Lipinski definition) is 3. The summed E-state index contributed by atoms with van der Waals surface area (Å²) in [6, 6.07) is 12.9. The van der Waals surface area contributed by atoms with Gasteiger partial charge in [-0.2, -0.15) is 0 Å². The van der Waals surface area contributed by atoms with Gasteiger partial charge in [-0.1, -0.05) is 11.8 Å². The summed E-state index contributed by atoms with van der Waals surface area (Å²) in [6.07, 6.45) is 3.96. The second-order valence-corrected chi connectivity index (χ2v) is 12.9. The van der Waals surface area contributed by atoms with Crippen molar-refractivity contribution in [2.24, 2.45) is 0 Å². The number of rotatable bonds is 7. The first-order valence-corrected chi connectivity index (χ1v) is 15.5. The van der Waals surface area contributed by atoms with Gasteiger partial charge in [0.1, 0.15) is 18.0 Å². The molecule has 2 atom stereocenters. The molecule has 1 fully saturated rings. The summed E-state index contributed by atoms with van der Waals surface area (Å²) in [5, 5.41) is 7.58. The van der Waals surface area contributed by atoms with Crippen LogP contribution in [0.1, 0.15) is 23.8 Å². The number of sulfonamides is 1. The number of halogens is 2. The highest BCUT2D eigenvalue weighted by Gasteiger charge is 2.25. The molecule has 1 saturated heterocycles. The van der Waals surface area contributed by atoms with Gasteiger partial charge in [-0.3, -0.25) is 0 Å². The van der Waals surface area contributed by atoms with Gasteiger partial charge in [-0.25, -0.2) is 31.9 Å². The summed E-state index contributed by atoms with van der Waals surface area (Å²) in [7, 11) is -3.25. The second-order valence-electron chi connectivity index (χ2n) is 9.81. The van der Waals surface area contributed by atoms with Crippen LogP contribution in [0.2, 0.25) is 0 Å². The standard InChI is InChI=1S/C29H26F2N6O2S2/c1-2-41(38,39)36-23-13-21(32-15-23)4-6-24-14-26-28(40-24)29(34-17-33-26)35-22-5-8-27-18(12-22)9-10-37(27)16-19-11-20(30)3-7-25(19)31/h3,5,7-12,14,17,21,23,32,36H,2,13,15-16H2,1H3,(H,33,34,35)/t21-,23-/m1/s1. The molecule has 0 amide bonds. The van der Waals surface area contributed by atoms with E-state index >= 15 is 0 Å². The van der Waals surface area contributed by atoms with Crippen LogP contribution in [0.5, 0.6) is 0 Å². The van der Waals surface area contributed by atoms with E-state index in [0.717, 1.165) is 43.8 Å². The highest BCUT2D eigenvalue weighted by molar-refractivity contribution is 7.89. The molecule has 5 aromatic rings. The maximum Gasteiger partial charge on any atom is 0.211 e. The lowest BCUT2D eigenvalue weighted by atomic mass is 10.2. The third-order valence-corrected chi connectivity index (χ3v) is 9.42. The lowest BCUT2D eigenvalue weighted by Crippen LogP contribution is -2.37. The lowest BCUT2D eigenvalue weighted by molar-refractivity contribution is 0.560. The van der Waals surface area contributed by atoms with Crippen LogP contribution in [0.4, 0.5) is 20.3 Å². The summed E-state index contributed by atoms with van der Waals surface area (Å²) in [5.41, 5.74) is 2.78.